The van der Waals surface area contributed by atoms with Crippen LogP contribution in [0.15, 0.2) is 47.6 Å². The van der Waals surface area contributed by atoms with Crippen LogP contribution in [0, 0.1) is 0 Å². The van der Waals surface area contributed by atoms with Crippen LogP contribution in [0.3, 0.4) is 0 Å². The van der Waals surface area contributed by atoms with Gasteiger partial charge in [-0.05, 0) is 18.9 Å². The molecule has 0 radical (unpaired) electrons. The molecule has 1 heterocycles. The molecule has 0 aromatic heterocycles. The van der Waals surface area contributed by atoms with Crippen molar-refractivity contribution in [3.05, 3.63) is 48.0 Å². The number of nitrogens with zero attached hydrogens (tertiary/aromatic N) is 1. The van der Waals surface area contributed by atoms with Crippen molar-refractivity contribution in [1.82, 2.24) is 5.32 Å². The molecule has 4 nitrogen and oxygen atoms in total. The third-order valence-electron chi connectivity index (χ3n) is 2.91. The summed E-state index contributed by atoms with van der Waals surface area (Å²) in [7, 11) is 0. The van der Waals surface area contributed by atoms with Crippen molar-refractivity contribution in [2.24, 2.45) is 5.16 Å². The van der Waals surface area contributed by atoms with Crippen molar-refractivity contribution in [2.45, 2.75) is 25.9 Å². The number of allylic oxidation sites excluding steroid dienone is 1. The van der Waals surface area contributed by atoms with Gasteiger partial charge in [-0.2, -0.15) is 0 Å². The third kappa shape index (κ3) is 3.68. The Morgan fingerprint density at radius 1 is 1.47 bits per heavy atom. The summed E-state index contributed by atoms with van der Waals surface area (Å²) in [6.07, 6.45) is 4.85. The molecule has 1 aromatic rings. The van der Waals surface area contributed by atoms with Gasteiger partial charge >= 0.3 is 0 Å². The highest BCUT2D eigenvalue weighted by molar-refractivity contribution is 6.04. The fourth-order valence-corrected chi connectivity index (χ4v) is 1.88. The van der Waals surface area contributed by atoms with Gasteiger partial charge < -0.3 is 10.2 Å². The summed E-state index contributed by atoms with van der Waals surface area (Å²) in [5.74, 6) is -0.0980. The second-order valence-corrected chi connectivity index (χ2v) is 4.35. The molecule has 0 fully saturated rings. The highest BCUT2D eigenvalue weighted by Crippen LogP contribution is 2.16. The zero-order valence-electron chi connectivity index (χ0n) is 11.0. The summed E-state index contributed by atoms with van der Waals surface area (Å²) in [5.41, 5.74) is 1.83. The maximum absolute atomic E-state index is 11.9. The van der Waals surface area contributed by atoms with Gasteiger partial charge in [-0.15, -0.1) is 0 Å². The molecule has 4 heteroatoms. The van der Waals surface area contributed by atoms with E-state index in [-0.39, 0.29) is 5.91 Å². The lowest BCUT2D eigenvalue weighted by Crippen LogP contribution is -2.35. The monoisotopic (exact) mass is 258 g/mol. The number of amides is 1. The van der Waals surface area contributed by atoms with E-state index in [0.29, 0.717) is 13.0 Å². The van der Waals surface area contributed by atoms with Crippen LogP contribution in [0.1, 0.15) is 25.3 Å². The Morgan fingerprint density at radius 2 is 2.26 bits per heavy atom. The summed E-state index contributed by atoms with van der Waals surface area (Å²) in [4.78, 5) is 17.0. The molecule has 0 saturated carbocycles. The zero-order chi connectivity index (χ0) is 13.5. The van der Waals surface area contributed by atoms with Crippen LogP contribution in [0.2, 0.25) is 0 Å². The fraction of sp³-hybridized carbons (Fsp3) is 0.333. The minimum Gasteiger partial charge on any atom is -0.382 e. The van der Waals surface area contributed by atoms with Crippen molar-refractivity contribution < 1.29 is 9.63 Å². The molecular formula is C15H18N2O2. The fourth-order valence-electron chi connectivity index (χ4n) is 1.88. The first-order valence-corrected chi connectivity index (χ1v) is 6.48. The van der Waals surface area contributed by atoms with E-state index in [9.17, 15) is 4.79 Å². The van der Waals surface area contributed by atoms with E-state index in [1.807, 2.05) is 49.4 Å². The number of carbonyl (C=O) groups is 1. The van der Waals surface area contributed by atoms with Crippen LogP contribution in [0.25, 0.3) is 0 Å². The standard InChI is InChI=1S/C15H18N2O2/c1-2-3-7-10-16-15(18)14-11-13(17-19-14)12-8-5-4-6-9-12/h2-6,8-9,14H,7,10-11H2,1H3,(H,16,18)/b3-2+. The van der Waals surface area contributed by atoms with Crippen LogP contribution in [-0.2, 0) is 9.63 Å². The van der Waals surface area contributed by atoms with E-state index < -0.39 is 6.10 Å². The number of hydrogen-bond acceptors (Lipinski definition) is 3. The average Bonchev–Trinajstić information content (AvgIpc) is 2.94. The Kier molecular flexibility index (Phi) is 4.72. The number of benzene rings is 1. The highest BCUT2D eigenvalue weighted by Gasteiger charge is 2.28. The molecule has 1 unspecified atom stereocenters. The van der Waals surface area contributed by atoms with Gasteiger partial charge in [0.25, 0.3) is 5.91 Å². The summed E-state index contributed by atoms with van der Waals surface area (Å²) < 4.78 is 0. The van der Waals surface area contributed by atoms with Crippen molar-refractivity contribution in [3.63, 3.8) is 0 Å². The van der Waals surface area contributed by atoms with E-state index >= 15 is 0 Å². The van der Waals surface area contributed by atoms with Gasteiger partial charge in [0.1, 0.15) is 0 Å². The lowest BCUT2D eigenvalue weighted by Gasteiger charge is -2.08. The van der Waals surface area contributed by atoms with Crippen LogP contribution in [-0.4, -0.2) is 24.3 Å². The Morgan fingerprint density at radius 3 is 3.00 bits per heavy atom. The Labute approximate surface area is 113 Å². The van der Waals surface area contributed by atoms with Crippen molar-refractivity contribution >= 4 is 11.6 Å². The van der Waals surface area contributed by atoms with Gasteiger partial charge in [0.2, 0.25) is 6.10 Å². The van der Waals surface area contributed by atoms with Gasteiger partial charge in [-0.3, -0.25) is 4.79 Å². The van der Waals surface area contributed by atoms with Crippen molar-refractivity contribution in [1.29, 1.82) is 0 Å². The third-order valence-corrected chi connectivity index (χ3v) is 2.91. The van der Waals surface area contributed by atoms with Crippen LogP contribution >= 0.6 is 0 Å². The molecule has 1 atom stereocenters. The molecule has 0 aliphatic carbocycles. The number of carbonyl (C=O) groups excluding carboxylic acids is 1. The summed E-state index contributed by atoms with van der Waals surface area (Å²) in [6.45, 7) is 2.59. The highest BCUT2D eigenvalue weighted by atomic mass is 16.6. The molecule has 0 bridgehead atoms. The zero-order valence-corrected chi connectivity index (χ0v) is 11.0. The van der Waals surface area contributed by atoms with Crippen molar-refractivity contribution in [2.75, 3.05) is 6.54 Å². The molecule has 19 heavy (non-hydrogen) atoms. The van der Waals surface area contributed by atoms with Gasteiger partial charge in [0, 0.05) is 13.0 Å². The summed E-state index contributed by atoms with van der Waals surface area (Å²) in [6, 6.07) is 9.78. The van der Waals surface area contributed by atoms with Gasteiger partial charge in [0.05, 0.1) is 5.71 Å². The van der Waals surface area contributed by atoms with E-state index in [1.54, 1.807) is 0 Å². The number of nitrogens with one attached hydrogen (secondary N) is 1. The molecule has 2 rings (SSSR count). The van der Waals surface area contributed by atoms with E-state index in [4.69, 9.17) is 4.84 Å². The van der Waals surface area contributed by atoms with Crippen LogP contribution in [0.5, 0.6) is 0 Å². The molecule has 100 valence electrons. The summed E-state index contributed by atoms with van der Waals surface area (Å²) >= 11 is 0. The lowest BCUT2D eigenvalue weighted by atomic mass is 10.0. The van der Waals surface area contributed by atoms with Crippen LogP contribution in [0.4, 0.5) is 0 Å². The smallest absolute Gasteiger partial charge is 0.264 e. The molecule has 1 aromatic carbocycles. The quantitative estimate of drug-likeness (QED) is 0.650. The average molecular weight is 258 g/mol. The van der Waals surface area contributed by atoms with Gasteiger partial charge in [-0.25, -0.2) is 0 Å². The predicted octanol–water partition coefficient (Wildman–Crippen LogP) is 2.26. The molecule has 0 spiro atoms. The maximum Gasteiger partial charge on any atom is 0.264 e. The maximum atomic E-state index is 11.9. The van der Waals surface area contributed by atoms with Crippen LogP contribution < -0.4 is 5.32 Å². The first-order valence-electron chi connectivity index (χ1n) is 6.48. The summed E-state index contributed by atoms with van der Waals surface area (Å²) in [5, 5.41) is 6.84. The minimum absolute atomic E-state index is 0.0980. The first-order chi connectivity index (χ1) is 9.31. The SMILES string of the molecule is C/C=C/CCNC(=O)C1CC(c2ccccc2)=NO1. The second kappa shape index (κ2) is 6.73. The lowest BCUT2D eigenvalue weighted by molar-refractivity contribution is -0.131. The molecule has 1 amide bonds. The van der Waals surface area contributed by atoms with E-state index in [1.165, 1.54) is 0 Å². The number of hydrogen-bond donors (Lipinski definition) is 1. The van der Waals surface area contributed by atoms with E-state index in [0.717, 1.165) is 17.7 Å². The predicted molar refractivity (Wildman–Crippen MR) is 74.9 cm³/mol. The van der Waals surface area contributed by atoms with E-state index in [2.05, 4.69) is 10.5 Å². The normalized spacial score (nSPS) is 18.2. The van der Waals surface area contributed by atoms with Crippen molar-refractivity contribution in [3.8, 4) is 0 Å². The molecule has 1 aliphatic rings. The molecular weight excluding hydrogens is 240 g/mol. The van der Waals surface area contributed by atoms with Gasteiger partial charge in [-0.1, -0.05) is 47.6 Å². The molecule has 1 N–H and O–H groups in total. The Hall–Kier alpha value is -2.10. The topological polar surface area (TPSA) is 50.7 Å². The second-order valence-electron chi connectivity index (χ2n) is 4.35. The number of rotatable bonds is 5. The van der Waals surface area contributed by atoms with Gasteiger partial charge in [0.15, 0.2) is 0 Å². The number of oxime groups is 1. The Bertz CT molecular complexity index is 480. The minimum atomic E-state index is -0.499. The molecule has 1 aliphatic heterocycles. The first kappa shape index (κ1) is 13.3. The molecule has 0 saturated heterocycles. The Balaban J connectivity index is 1.82. The largest absolute Gasteiger partial charge is 0.382 e.